The molecule has 0 aliphatic heterocycles. The van der Waals surface area contributed by atoms with E-state index in [1.54, 1.807) is 32.9 Å². The molecule has 0 heterocycles. The van der Waals surface area contributed by atoms with Crippen molar-refractivity contribution in [2.45, 2.75) is 45.9 Å². The normalized spacial score (nSPS) is 12.1. The summed E-state index contributed by atoms with van der Waals surface area (Å²) < 4.78 is 5.19. The van der Waals surface area contributed by atoms with E-state index in [0.717, 1.165) is 16.3 Å². The molecule has 0 aliphatic rings. The van der Waals surface area contributed by atoms with E-state index in [9.17, 15) is 14.7 Å². The van der Waals surface area contributed by atoms with E-state index in [4.69, 9.17) is 9.57 Å². The fourth-order valence-electron chi connectivity index (χ4n) is 3.44. The number of rotatable bonds is 7. The van der Waals surface area contributed by atoms with Crippen LogP contribution in [0.25, 0.3) is 16.3 Å². The van der Waals surface area contributed by atoms with Gasteiger partial charge in [-0.3, -0.25) is 0 Å². The molecular formula is C27H30N2O5. The topological polar surface area (TPSA) is 96.9 Å². The maximum atomic E-state index is 12.6. The Kier molecular flexibility index (Phi) is 7.58. The van der Waals surface area contributed by atoms with Crippen molar-refractivity contribution in [1.82, 2.24) is 10.8 Å². The van der Waals surface area contributed by atoms with Gasteiger partial charge in [-0.05, 0) is 55.7 Å². The first-order valence-corrected chi connectivity index (χ1v) is 11.0. The zero-order chi connectivity index (χ0) is 24.9. The van der Waals surface area contributed by atoms with E-state index in [1.165, 1.54) is 6.07 Å². The molecule has 0 bridgehead atoms. The highest BCUT2D eigenvalue weighted by atomic mass is 16.7. The number of benzene rings is 3. The second-order valence-corrected chi connectivity index (χ2v) is 8.98. The van der Waals surface area contributed by atoms with Gasteiger partial charge in [-0.25, -0.2) is 9.59 Å². The Hall–Kier alpha value is -3.84. The van der Waals surface area contributed by atoms with Gasteiger partial charge in [-0.15, -0.1) is 5.48 Å². The lowest BCUT2D eigenvalue weighted by Gasteiger charge is -2.19. The third kappa shape index (κ3) is 6.36. The van der Waals surface area contributed by atoms with Crippen LogP contribution in [0.3, 0.4) is 0 Å². The number of carbonyl (C=O) groups is 2. The van der Waals surface area contributed by atoms with Crippen LogP contribution in [0.4, 0.5) is 4.79 Å². The van der Waals surface area contributed by atoms with Gasteiger partial charge in [0.1, 0.15) is 11.4 Å². The van der Waals surface area contributed by atoms with Crippen LogP contribution in [0.2, 0.25) is 0 Å². The highest BCUT2D eigenvalue weighted by Crippen LogP contribution is 2.27. The van der Waals surface area contributed by atoms with Crippen molar-refractivity contribution >= 4 is 28.4 Å². The number of ether oxygens (including phenoxy) is 1. The molecule has 1 atom stereocenters. The minimum absolute atomic E-state index is 0.00164. The number of amides is 1. The monoisotopic (exact) mass is 462 g/mol. The average molecular weight is 463 g/mol. The first kappa shape index (κ1) is 24.8. The predicted molar refractivity (Wildman–Crippen MR) is 132 cm³/mol. The third-order valence-corrected chi connectivity index (χ3v) is 5.09. The largest absolute Gasteiger partial charge is 0.507 e. The van der Waals surface area contributed by atoms with Gasteiger partial charge in [0.2, 0.25) is 0 Å². The fraction of sp³-hybridized carbons (Fsp3) is 0.259. The second-order valence-electron chi connectivity index (χ2n) is 8.98. The molecule has 0 radical (unpaired) electrons. The van der Waals surface area contributed by atoms with Gasteiger partial charge >= 0.3 is 12.1 Å². The number of phenolic OH excluding ortho intramolecular Hbond substituents is 1. The molecule has 1 amide bonds. The van der Waals surface area contributed by atoms with E-state index in [1.807, 2.05) is 49.4 Å². The zero-order valence-electron chi connectivity index (χ0n) is 19.8. The van der Waals surface area contributed by atoms with Gasteiger partial charge in [-0.1, -0.05) is 61.2 Å². The standard InChI is InChI=1S/C27H30N2O5/c1-17(21-14-13-19(15-24(21)30)16-28-26(32)33-27(3,4)5)25(31)34-29-18(2)22-12-8-10-20-9-6-7-11-23(20)22/h6-15,18,29-30H,1,16H2,2-5H3,(H,28,32). The maximum Gasteiger partial charge on any atom is 0.407 e. The Morgan fingerprint density at radius 1 is 1.06 bits per heavy atom. The molecule has 3 aromatic rings. The van der Waals surface area contributed by atoms with E-state index >= 15 is 0 Å². The number of fused-ring (bicyclic) bond motifs is 1. The molecule has 7 heteroatoms. The summed E-state index contributed by atoms with van der Waals surface area (Å²) >= 11 is 0. The molecule has 0 saturated carbocycles. The van der Waals surface area contributed by atoms with Crippen LogP contribution in [0.1, 0.15) is 50.4 Å². The van der Waals surface area contributed by atoms with Crippen LogP contribution < -0.4 is 10.8 Å². The number of alkyl carbamates (subject to hydrolysis) is 1. The van der Waals surface area contributed by atoms with Gasteiger partial charge in [0.05, 0.1) is 11.6 Å². The summed E-state index contributed by atoms with van der Waals surface area (Å²) in [5.41, 5.74) is 4.03. The summed E-state index contributed by atoms with van der Waals surface area (Å²) in [5, 5.41) is 15.2. The second kappa shape index (κ2) is 10.4. The molecule has 1 unspecified atom stereocenters. The molecule has 3 N–H and O–H groups in total. The Balaban J connectivity index is 1.59. The SMILES string of the molecule is C=C(C(=O)ONC(C)c1cccc2ccccc12)c1ccc(CNC(=O)OC(C)(C)C)cc1O. The van der Waals surface area contributed by atoms with Crippen molar-refractivity contribution < 1.29 is 24.3 Å². The van der Waals surface area contributed by atoms with Crippen LogP contribution in [0.15, 0.2) is 67.2 Å². The average Bonchev–Trinajstić information content (AvgIpc) is 2.79. The smallest absolute Gasteiger partial charge is 0.407 e. The van der Waals surface area contributed by atoms with Crippen LogP contribution in [-0.4, -0.2) is 22.8 Å². The van der Waals surface area contributed by atoms with Gasteiger partial charge in [0, 0.05) is 12.1 Å². The highest BCUT2D eigenvalue weighted by molar-refractivity contribution is 6.16. The molecule has 0 saturated heterocycles. The summed E-state index contributed by atoms with van der Waals surface area (Å²) in [5.74, 6) is -0.852. The molecule has 3 aromatic carbocycles. The number of aromatic hydroxyl groups is 1. The van der Waals surface area contributed by atoms with Gasteiger partial charge in [0.25, 0.3) is 0 Å². The summed E-state index contributed by atoms with van der Waals surface area (Å²) in [6, 6.07) is 18.3. The Morgan fingerprint density at radius 2 is 1.76 bits per heavy atom. The molecule has 0 aromatic heterocycles. The lowest BCUT2D eigenvalue weighted by Crippen LogP contribution is -2.32. The van der Waals surface area contributed by atoms with E-state index in [2.05, 4.69) is 17.4 Å². The van der Waals surface area contributed by atoms with Gasteiger partial charge in [-0.2, -0.15) is 0 Å². The van der Waals surface area contributed by atoms with Crippen molar-refractivity contribution in [2.24, 2.45) is 0 Å². The quantitative estimate of drug-likeness (QED) is 0.322. The summed E-state index contributed by atoms with van der Waals surface area (Å²) in [6.45, 7) is 11.1. The van der Waals surface area contributed by atoms with Crippen molar-refractivity contribution in [3.05, 3.63) is 83.9 Å². The van der Waals surface area contributed by atoms with E-state index in [-0.39, 0.29) is 29.5 Å². The molecule has 178 valence electrons. The molecular weight excluding hydrogens is 432 g/mol. The molecule has 7 nitrogen and oxygen atoms in total. The molecule has 3 rings (SSSR count). The van der Waals surface area contributed by atoms with Gasteiger partial charge < -0.3 is 20.0 Å². The Bertz CT molecular complexity index is 1210. The van der Waals surface area contributed by atoms with E-state index < -0.39 is 17.7 Å². The minimum atomic E-state index is -0.706. The van der Waals surface area contributed by atoms with Crippen molar-refractivity contribution in [2.75, 3.05) is 0 Å². The van der Waals surface area contributed by atoms with Crippen molar-refractivity contribution in [3.63, 3.8) is 0 Å². The number of nitrogens with one attached hydrogen (secondary N) is 2. The Labute approximate surface area is 199 Å². The summed E-state index contributed by atoms with van der Waals surface area (Å²) in [6.07, 6.45) is -0.560. The van der Waals surface area contributed by atoms with Crippen LogP contribution in [-0.2, 0) is 20.9 Å². The highest BCUT2D eigenvalue weighted by Gasteiger charge is 2.19. The summed E-state index contributed by atoms with van der Waals surface area (Å²) in [4.78, 5) is 29.6. The van der Waals surface area contributed by atoms with Crippen LogP contribution in [0.5, 0.6) is 5.75 Å². The third-order valence-electron chi connectivity index (χ3n) is 5.09. The lowest BCUT2D eigenvalue weighted by atomic mass is 10.0. The van der Waals surface area contributed by atoms with Crippen molar-refractivity contribution in [3.8, 4) is 5.75 Å². The van der Waals surface area contributed by atoms with Crippen LogP contribution >= 0.6 is 0 Å². The Morgan fingerprint density at radius 3 is 2.47 bits per heavy atom. The number of hydrogen-bond donors (Lipinski definition) is 3. The first-order chi connectivity index (χ1) is 16.0. The number of carbonyl (C=O) groups excluding carboxylic acids is 2. The first-order valence-electron chi connectivity index (χ1n) is 11.0. The minimum Gasteiger partial charge on any atom is -0.507 e. The molecule has 0 fully saturated rings. The van der Waals surface area contributed by atoms with E-state index in [0.29, 0.717) is 5.56 Å². The fourth-order valence-corrected chi connectivity index (χ4v) is 3.44. The summed E-state index contributed by atoms with van der Waals surface area (Å²) in [7, 11) is 0. The number of hydrogen-bond acceptors (Lipinski definition) is 6. The molecule has 0 spiro atoms. The number of phenols is 1. The van der Waals surface area contributed by atoms with Gasteiger partial charge in [0.15, 0.2) is 0 Å². The molecule has 0 aliphatic carbocycles. The number of hydroxylamine groups is 1. The molecule has 34 heavy (non-hydrogen) atoms. The lowest BCUT2D eigenvalue weighted by molar-refractivity contribution is -0.145. The van der Waals surface area contributed by atoms with Crippen molar-refractivity contribution in [1.29, 1.82) is 0 Å². The predicted octanol–water partition coefficient (Wildman–Crippen LogP) is 5.39. The van der Waals surface area contributed by atoms with Crippen LogP contribution in [0, 0.1) is 0 Å². The maximum absolute atomic E-state index is 12.6. The zero-order valence-corrected chi connectivity index (χ0v) is 19.8.